The van der Waals surface area contributed by atoms with Gasteiger partial charge < -0.3 is 14.5 Å². The zero-order valence-corrected chi connectivity index (χ0v) is 18.8. The van der Waals surface area contributed by atoms with Crippen LogP contribution in [0.15, 0.2) is 60.9 Å². The Labute approximate surface area is 196 Å². The van der Waals surface area contributed by atoms with Crippen LogP contribution >= 0.6 is 0 Å². The molecule has 0 atom stereocenters. The second-order valence-corrected chi connectivity index (χ2v) is 8.16. The molecule has 1 aliphatic rings. The molecular formula is C25H25F3N4O2. The van der Waals surface area contributed by atoms with Gasteiger partial charge in [-0.15, -0.1) is 0 Å². The van der Waals surface area contributed by atoms with Crippen molar-refractivity contribution in [2.45, 2.75) is 25.9 Å². The van der Waals surface area contributed by atoms with E-state index >= 15 is 0 Å². The van der Waals surface area contributed by atoms with Crippen molar-refractivity contribution in [1.29, 1.82) is 0 Å². The van der Waals surface area contributed by atoms with Gasteiger partial charge in [0, 0.05) is 44.3 Å². The van der Waals surface area contributed by atoms with Crippen molar-refractivity contribution >= 4 is 11.9 Å². The molecule has 0 bridgehead atoms. The SMILES string of the molecule is Cc1cccnc1CCc1ccc(OC(=O)N2CCN(c3ccc(C(F)(F)F)cn3)CC2)cc1. The lowest BCUT2D eigenvalue weighted by molar-refractivity contribution is -0.137. The summed E-state index contributed by atoms with van der Waals surface area (Å²) in [5.74, 6) is 0.923. The molecule has 1 aliphatic heterocycles. The van der Waals surface area contributed by atoms with Gasteiger partial charge in [0.1, 0.15) is 11.6 Å². The number of rotatable bonds is 5. The lowest BCUT2D eigenvalue weighted by atomic mass is 10.1. The molecule has 178 valence electrons. The summed E-state index contributed by atoms with van der Waals surface area (Å²) in [6, 6.07) is 13.8. The van der Waals surface area contributed by atoms with Crippen molar-refractivity contribution in [2.24, 2.45) is 0 Å². The molecule has 4 rings (SSSR count). The third-order valence-electron chi connectivity index (χ3n) is 5.83. The highest BCUT2D eigenvalue weighted by Crippen LogP contribution is 2.29. The highest BCUT2D eigenvalue weighted by molar-refractivity contribution is 5.71. The summed E-state index contributed by atoms with van der Waals surface area (Å²) in [5, 5.41) is 0. The first-order chi connectivity index (χ1) is 16.3. The predicted molar refractivity (Wildman–Crippen MR) is 122 cm³/mol. The normalized spacial score (nSPS) is 14.2. The van der Waals surface area contributed by atoms with Gasteiger partial charge in [0.25, 0.3) is 0 Å². The van der Waals surface area contributed by atoms with Crippen molar-refractivity contribution < 1.29 is 22.7 Å². The Kier molecular flexibility index (Phi) is 7.00. The molecule has 0 unspecified atom stereocenters. The fraction of sp³-hybridized carbons (Fsp3) is 0.320. The van der Waals surface area contributed by atoms with Crippen LogP contribution in [0.25, 0.3) is 0 Å². The van der Waals surface area contributed by atoms with E-state index in [9.17, 15) is 18.0 Å². The van der Waals surface area contributed by atoms with Gasteiger partial charge in [0.2, 0.25) is 0 Å². The lowest BCUT2D eigenvalue weighted by Gasteiger charge is -2.34. The smallest absolute Gasteiger partial charge is 0.410 e. The van der Waals surface area contributed by atoms with Crippen molar-refractivity contribution in [3.05, 3.63) is 83.3 Å². The zero-order chi connectivity index (χ0) is 24.1. The lowest BCUT2D eigenvalue weighted by Crippen LogP contribution is -2.49. The van der Waals surface area contributed by atoms with E-state index in [1.807, 2.05) is 36.1 Å². The standard InChI is InChI=1S/C25H25F3N4O2/c1-18-3-2-12-29-22(18)10-6-19-4-8-21(9-5-19)34-24(33)32-15-13-31(14-16-32)23-11-7-20(17-30-23)25(26,27)28/h2-5,7-9,11-12,17H,6,10,13-16H2,1H3. The van der Waals surface area contributed by atoms with Crippen molar-refractivity contribution in [3.63, 3.8) is 0 Å². The first-order valence-electron chi connectivity index (χ1n) is 11.0. The molecule has 1 amide bonds. The average Bonchev–Trinajstić information content (AvgIpc) is 2.84. The van der Waals surface area contributed by atoms with Crippen LogP contribution in [-0.2, 0) is 19.0 Å². The summed E-state index contributed by atoms with van der Waals surface area (Å²) in [4.78, 5) is 24.3. The molecule has 0 N–H and O–H groups in total. The van der Waals surface area contributed by atoms with Gasteiger partial charge in [-0.05, 0) is 61.2 Å². The number of carbonyl (C=O) groups is 1. The maximum absolute atomic E-state index is 12.7. The highest BCUT2D eigenvalue weighted by atomic mass is 19.4. The number of anilines is 1. The summed E-state index contributed by atoms with van der Waals surface area (Å²) < 4.78 is 43.6. The Morgan fingerprint density at radius 2 is 1.71 bits per heavy atom. The molecule has 34 heavy (non-hydrogen) atoms. The molecule has 3 heterocycles. The third kappa shape index (κ3) is 5.84. The Hall–Kier alpha value is -3.62. The molecule has 6 nitrogen and oxygen atoms in total. The van der Waals surface area contributed by atoms with E-state index in [-0.39, 0.29) is 0 Å². The van der Waals surface area contributed by atoms with E-state index < -0.39 is 17.8 Å². The topological polar surface area (TPSA) is 58.6 Å². The van der Waals surface area contributed by atoms with Crippen LogP contribution in [0.5, 0.6) is 5.75 Å². The van der Waals surface area contributed by atoms with E-state index in [2.05, 4.69) is 9.97 Å². The zero-order valence-electron chi connectivity index (χ0n) is 18.8. The number of piperazine rings is 1. The summed E-state index contributed by atoms with van der Waals surface area (Å²) in [6.07, 6.45) is -0.556. The molecule has 3 aromatic rings. The number of aromatic nitrogens is 2. The van der Waals surface area contributed by atoms with Crippen LogP contribution in [-0.4, -0.2) is 47.1 Å². The number of halogens is 3. The van der Waals surface area contributed by atoms with E-state index in [0.29, 0.717) is 37.7 Å². The first kappa shape index (κ1) is 23.5. The predicted octanol–water partition coefficient (Wildman–Crippen LogP) is 4.91. The van der Waals surface area contributed by atoms with Crippen LogP contribution < -0.4 is 9.64 Å². The van der Waals surface area contributed by atoms with Gasteiger partial charge >= 0.3 is 12.3 Å². The number of amides is 1. The number of benzene rings is 1. The largest absolute Gasteiger partial charge is 0.417 e. The first-order valence-corrected chi connectivity index (χ1v) is 11.0. The van der Waals surface area contributed by atoms with Gasteiger partial charge in [-0.1, -0.05) is 18.2 Å². The van der Waals surface area contributed by atoms with Gasteiger partial charge in [-0.25, -0.2) is 9.78 Å². The van der Waals surface area contributed by atoms with Crippen molar-refractivity contribution in [2.75, 3.05) is 31.1 Å². The number of pyridine rings is 2. The third-order valence-corrected chi connectivity index (χ3v) is 5.83. The number of hydrogen-bond donors (Lipinski definition) is 0. The second-order valence-electron chi connectivity index (χ2n) is 8.16. The van der Waals surface area contributed by atoms with E-state index in [0.717, 1.165) is 36.4 Å². The van der Waals surface area contributed by atoms with Crippen LogP contribution in [0.3, 0.4) is 0 Å². The summed E-state index contributed by atoms with van der Waals surface area (Å²) >= 11 is 0. The average molecular weight is 470 g/mol. The molecule has 0 aliphatic carbocycles. The number of hydrogen-bond acceptors (Lipinski definition) is 5. The monoisotopic (exact) mass is 470 g/mol. The summed E-state index contributed by atoms with van der Waals surface area (Å²) in [7, 11) is 0. The molecule has 0 saturated carbocycles. The Balaban J connectivity index is 1.25. The van der Waals surface area contributed by atoms with Crippen molar-refractivity contribution in [3.8, 4) is 5.75 Å². The fourth-order valence-electron chi connectivity index (χ4n) is 3.79. The Morgan fingerprint density at radius 1 is 0.971 bits per heavy atom. The van der Waals surface area contributed by atoms with Crippen molar-refractivity contribution in [1.82, 2.24) is 14.9 Å². The molecule has 0 spiro atoms. The number of nitrogens with zero attached hydrogens (tertiary/aromatic N) is 4. The van der Waals surface area contributed by atoms with Crippen LogP contribution in [0.4, 0.5) is 23.8 Å². The van der Waals surface area contributed by atoms with Crippen LogP contribution in [0, 0.1) is 6.92 Å². The number of alkyl halides is 3. The van der Waals surface area contributed by atoms with E-state index in [1.165, 1.54) is 11.6 Å². The molecule has 2 aromatic heterocycles. The Morgan fingerprint density at radius 3 is 2.32 bits per heavy atom. The summed E-state index contributed by atoms with van der Waals surface area (Å²) in [5.41, 5.74) is 2.59. The van der Waals surface area contributed by atoms with Crippen LogP contribution in [0.1, 0.15) is 22.4 Å². The molecule has 1 fully saturated rings. The molecule has 9 heteroatoms. The van der Waals surface area contributed by atoms with Gasteiger partial charge in [-0.2, -0.15) is 13.2 Å². The van der Waals surface area contributed by atoms with Gasteiger partial charge in [0.05, 0.1) is 5.56 Å². The Bertz CT molecular complexity index is 1110. The summed E-state index contributed by atoms with van der Waals surface area (Å²) in [6.45, 7) is 3.75. The number of ether oxygens (including phenoxy) is 1. The minimum Gasteiger partial charge on any atom is -0.410 e. The molecule has 0 radical (unpaired) electrons. The molecule has 1 saturated heterocycles. The van der Waals surface area contributed by atoms with Crippen LogP contribution in [0.2, 0.25) is 0 Å². The fourth-order valence-corrected chi connectivity index (χ4v) is 3.79. The van der Waals surface area contributed by atoms with E-state index in [1.54, 1.807) is 23.2 Å². The van der Waals surface area contributed by atoms with Gasteiger partial charge in [-0.3, -0.25) is 4.98 Å². The number of aryl methyl sites for hydroxylation is 3. The molecule has 1 aromatic carbocycles. The quantitative estimate of drug-likeness (QED) is 0.530. The minimum absolute atomic E-state index is 0.392. The maximum atomic E-state index is 12.7. The highest BCUT2D eigenvalue weighted by Gasteiger charge is 2.31. The number of carbonyl (C=O) groups excluding carboxylic acids is 1. The second kappa shape index (κ2) is 10.1. The van der Waals surface area contributed by atoms with Gasteiger partial charge in [0.15, 0.2) is 0 Å². The minimum atomic E-state index is -4.41. The van der Waals surface area contributed by atoms with E-state index in [4.69, 9.17) is 4.74 Å². The maximum Gasteiger partial charge on any atom is 0.417 e. The molecular weight excluding hydrogens is 445 g/mol.